The van der Waals surface area contributed by atoms with Gasteiger partial charge in [-0.25, -0.2) is 0 Å². The molecule has 3 nitrogen and oxygen atoms in total. The smallest absolute Gasteiger partial charge is 0.172 e. The number of rotatable bonds is 4. The normalized spacial score (nSPS) is 17.9. The van der Waals surface area contributed by atoms with Crippen LogP contribution in [0.1, 0.15) is 38.2 Å². The molecule has 2 rings (SSSR count). The average molecular weight is 314 g/mol. The molecule has 0 amide bonds. The molecule has 1 aromatic rings. The Hall–Kier alpha value is -0.740. The molecule has 1 fully saturated rings. The molecule has 4 heteroatoms. The Labute approximate surface area is 117 Å². The zero-order valence-electron chi connectivity index (χ0n) is 10.9. The van der Waals surface area contributed by atoms with Gasteiger partial charge in [0.05, 0.1) is 11.6 Å². The average Bonchev–Trinajstić information content (AvgIpc) is 2.78. The molecular formula is C14H20BrNO2. The summed E-state index contributed by atoms with van der Waals surface area (Å²) in [5.74, 6) is 0.672. The first-order valence-electron chi connectivity index (χ1n) is 6.34. The number of halogens is 1. The van der Waals surface area contributed by atoms with Gasteiger partial charge in [0.25, 0.3) is 0 Å². The molecule has 0 atom stereocenters. The lowest BCUT2D eigenvalue weighted by Gasteiger charge is -2.25. The Bertz CT molecular complexity index is 428. The van der Waals surface area contributed by atoms with E-state index >= 15 is 0 Å². The summed E-state index contributed by atoms with van der Waals surface area (Å²) in [6.45, 7) is 3.08. The van der Waals surface area contributed by atoms with Crippen LogP contribution >= 0.6 is 15.9 Å². The number of phenols is 1. The topological polar surface area (TPSA) is 41.5 Å². The summed E-state index contributed by atoms with van der Waals surface area (Å²) in [7, 11) is 1.57. The lowest BCUT2D eigenvalue weighted by molar-refractivity contribution is 0.358. The van der Waals surface area contributed by atoms with Gasteiger partial charge in [-0.05, 0) is 53.4 Å². The lowest BCUT2D eigenvalue weighted by atomic mass is 10.0. The van der Waals surface area contributed by atoms with Crippen molar-refractivity contribution in [1.82, 2.24) is 5.32 Å². The summed E-state index contributed by atoms with van der Waals surface area (Å²) in [6, 6.07) is 3.81. The summed E-state index contributed by atoms with van der Waals surface area (Å²) >= 11 is 3.35. The fourth-order valence-electron chi connectivity index (χ4n) is 2.53. The molecule has 1 aliphatic rings. The number of methoxy groups -OCH3 is 1. The van der Waals surface area contributed by atoms with E-state index in [0.29, 0.717) is 10.2 Å². The van der Waals surface area contributed by atoms with Crippen molar-refractivity contribution in [3.63, 3.8) is 0 Å². The molecule has 2 N–H and O–H groups in total. The molecule has 0 bridgehead atoms. The van der Waals surface area contributed by atoms with Crippen LogP contribution in [0, 0.1) is 0 Å². The second-order valence-electron chi connectivity index (χ2n) is 5.25. The molecule has 18 heavy (non-hydrogen) atoms. The number of nitrogens with one attached hydrogen (secondary N) is 1. The third kappa shape index (κ3) is 2.98. The van der Waals surface area contributed by atoms with Crippen LogP contribution in [0.2, 0.25) is 0 Å². The fraction of sp³-hybridized carbons (Fsp3) is 0.571. The maximum atomic E-state index is 9.76. The van der Waals surface area contributed by atoms with E-state index in [4.69, 9.17) is 4.74 Å². The number of hydrogen-bond acceptors (Lipinski definition) is 3. The van der Waals surface area contributed by atoms with Gasteiger partial charge in [0.1, 0.15) is 0 Å². The van der Waals surface area contributed by atoms with Crippen molar-refractivity contribution in [2.45, 2.75) is 44.7 Å². The minimum absolute atomic E-state index is 0.160. The first-order valence-corrected chi connectivity index (χ1v) is 7.14. The highest BCUT2D eigenvalue weighted by Crippen LogP contribution is 2.35. The van der Waals surface area contributed by atoms with E-state index in [9.17, 15) is 5.11 Å². The highest BCUT2D eigenvalue weighted by molar-refractivity contribution is 9.10. The van der Waals surface area contributed by atoms with Crippen LogP contribution in [0.15, 0.2) is 16.6 Å². The second-order valence-corrected chi connectivity index (χ2v) is 6.10. The first-order chi connectivity index (χ1) is 8.54. The van der Waals surface area contributed by atoms with E-state index < -0.39 is 0 Å². The first kappa shape index (κ1) is 13.7. The third-order valence-corrected chi connectivity index (χ3v) is 4.34. The Balaban J connectivity index is 2.07. The van der Waals surface area contributed by atoms with Crippen molar-refractivity contribution < 1.29 is 9.84 Å². The molecule has 0 spiro atoms. The fourth-order valence-corrected chi connectivity index (χ4v) is 3.02. The van der Waals surface area contributed by atoms with Gasteiger partial charge in [0.2, 0.25) is 0 Å². The van der Waals surface area contributed by atoms with E-state index in [0.717, 1.165) is 12.1 Å². The van der Waals surface area contributed by atoms with E-state index in [1.165, 1.54) is 25.7 Å². The quantitative estimate of drug-likeness (QED) is 0.892. The zero-order chi connectivity index (χ0) is 13.2. The van der Waals surface area contributed by atoms with Crippen LogP contribution < -0.4 is 10.1 Å². The summed E-state index contributed by atoms with van der Waals surface area (Å²) in [6.07, 6.45) is 5.10. The van der Waals surface area contributed by atoms with E-state index in [-0.39, 0.29) is 11.3 Å². The number of ether oxygens (including phenoxy) is 1. The summed E-state index contributed by atoms with van der Waals surface area (Å²) in [5.41, 5.74) is 1.38. The molecule has 0 aromatic heterocycles. The Morgan fingerprint density at radius 3 is 2.67 bits per heavy atom. The van der Waals surface area contributed by atoms with Gasteiger partial charge in [-0.15, -0.1) is 0 Å². The van der Waals surface area contributed by atoms with Crippen molar-refractivity contribution in [2.24, 2.45) is 0 Å². The minimum atomic E-state index is 0.160. The van der Waals surface area contributed by atoms with Crippen molar-refractivity contribution >= 4 is 15.9 Å². The second kappa shape index (κ2) is 5.49. The van der Waals surface area contributed by atoms with Crippen molar-refractivity contribution in [2.75, 3.05) is 7.11 Å². The maximum absolute atomic E-state index is 9.76. The Kier molecular flexibility index (Phi) is 4.17. The highest BCUT2D eigenvalue weighted by Gasteiger charge is 2.27. The van der Waals surface area contributed by atoms with Crippen molar-refractivity contribution in [1.29, 1.82) is 0 Å². The van der Waals surface area contributed by atoms with E-state index in [1.807, 2.05) is 12.1 Å². The van der Waals surface area contributed by atoms with Crippen LogP contribution in [0.5, 0.6) is 11.5 Å². The minimum Gasteiger partial charge on any atom is -0.503 e. The largest absolute Gasteiger partial charge is 0.503 e. The molecule has 1 aliphatic carbocycles. The highest BCUT2D eigenvalue weighted by atomic mass is 79.9. The SMILES string of the molecule is COc1cc(CNC2(C)CCCC2)cc(Br)c1O. The van der Waals surface area contributed by atoms with Crippen LogP contribution in [0.25, 0.3) is 0 Å². The number of benzene rings is 1. The Morgan fingerprint density at radius 1 is 1.39 bits per heavy atom. The monoisotopic (exact) mass is 313 g/mol. The van der Waals surface area contributed by atoms with Crippen LogP contribution in [-0.4, -0.2) is 17.8 Å². The van der Waals surface area contributed by atoms with Crippen LogP contribution in [0.4, 0.5) is 0 Å². The van der Waals surface area contributed by atoms with Gasteiger partial charge in [0, 0.05) is 12.1 Å². The molecule has 0 radical (unpaired) electrons. The predicted octanol–water partition coefficient (Wildman–Crippen LogP) is 3.59. The molecule has 0 unspecified atom stereocenters. The summed E-state index contributed by atoms with van der Waals surface area (Å²) in [4.78, 5) is 0. The Morgan fingerprint density at radius 2 is 2.06 bits per heavy atom. The van der Waals surface area contributed by atoms with Gasteiger partial charge < -0.3 is 15.2 Å². The molecule has 1 aromatic carbocycles. The zero-order valence-corrected chi connectivity index (χ0v) is 12.5. The lowest BCUT2D eigenvalue weighted by Crippen LogP contribution is -2.38. The number of hydrogen-bond donors (Lipinski definition) is 2. The van der Waals surface area contributed by atoms with Crippen LogP contribution in [0.3, 0.4) is 0 Å². The van der Waals surface area contributed by atoms with Crippen molar-refractivity contribution in [3.8, 4) is 11.5 Å². The van der Waals surface area contributed by atoms with Crippen molar-refractivity contribution in [3.05, 3.63) is 22.2 Å². The van der Waals surface area contributed by atoms with Gasteiger partial charge in [-0.1, -0.05) is 12.8 Å². The number of phenolic OH excluding ortho intramolecular Hbond substituents is 1. The third-order valence-electron chi connectivity index (χ3n) is 3.73. The van der Waals surface area contributed by atoms with Gasteiger partial charge in [-0.3, -0.25) is 0 Å². The molecule has 100 valence electrons. The maximum Gasteiger partial charge on any atom is 0.172 e. The molecule has 0 saturated heterocycles. The van der Waals surface area contributed by atoms with Gasteiger partial charge in [-0.2, -0.15) is 0 Å². The standard InChI is InChI=1S/C14H20BrNO2/c1-14(5-3-4-6-14)16-9-10-7-11(15)13(17)12(8-10)18-2/h7-8,16-17H,3-6,9H2,1-2H3. The molecular weight excluding hydrogens is 294 g/mol. The summed E-state index contributed by atoms with van der Waals surface area (Å²) in [5, 5.41) is 13.4. The molecule has 1 saturated carbocycles. The van der Waals surface area contributed by atoms with E-state index in [2.05, 4.69) is 28.2 Å². The molecule has 0 heterocycles. The van der Waals surface area contributed by atoms with Crippen LogP contribution in [-0.2, 0) is 6.54 Å². The number of aromatic hydroxyl groups is 1. The summed E-state index contributed by atoms with van der Waals surface area (Å²) < 4.78 is 5.83. The predicted molar refractivity (Wildman–Crippen MR) is 76.1 cm³/mol. The van der Waals surface area contributed by atoms with Gasteiger partial charge >= 0.3 is 0 Å². The van der Waals surface area contributed by atoms with E-state index in [1.54, 1.807) is 7.11 Å². The molecule has 0 aliphatic heterocycles. The van der Waals surface area contributed by atoms with Gasteiger partial charge in [0.15, 0.2) is 11.5 Å².